The molecule has 0 bridgehead atoms. The van der Waals surface area contributed by atoms with Crippen molar-refractivity contribution in [3.63, 3.8) is 0 Å². The topological polar surface area (TPSA) is 47.0 Å². The molecule has 0 atom stereocenters. The fraction of sp³-hybridized carbons (Fsp3) is 0.429. The summed E-state index contributed by atoms with van der Waals surface area (Å²) < 4.78 is 18.5. The van der Waals surface area contributed by atoms with Crippen LogP contribution in [-0.4, -0.2) is 37.0 Å². The van der Waals surface area contributed by atoms with Crippen LogP contribution in [0, 0.1) is 5.82 Å². The van der Waals surface area contributed by atoms with Crippen LogP contribution in [-0.2, 0) is 17.6 Å². The SMILES string of the molecule is COCCNCCc1nnc(Cc2ccccc2F)s1. The van der Waals surface area contributed by atoms with Gasteiger partial charge in [0, 0.05) is 33.0 Å². The van der Waals surface area contributed by atoms with Crippen LogP contribution < -0.4 is 5.32 Å². The Morgan fingerprint density at radius 1 is 1.20 bits per heavy atom. The van der Waals surface area contributed by atoms with Gasteiger partial charge in [-0.25, -0.2) is 4.39 Å². The lowest BCUT2D eigenvalue weighted by molar-refractivity contribution is 0.199. The maximum atomic E-state index is 13.5. The van der Waals surface area contributed by atoms with Crippen molar-refractivity contribution in [3.05, 3.63) is 45.7 Å². The number of hydrogen-bond donors (Lipinski definition) is 1. The van der Waals surface area contributed by atoms with Gasteiger partial charge in [-0.2, -0.15) is 0 Å². The third-order valence-corrected chi connectivity index (χ3v) is 3.79. The predicted octanol–water partition coefficient (Wildman–Crippen LogP) is 2.05. The van der Waals surface area contributed by atoms with Crippen LogP contribution >= 0.6 is 11.3 Å². The van der Waals surface area contributed by atoms with Crippen LogP contribution in [0.25, 0.3) is 0 Å². The summed E-state index contributed by atoms with van der Waals surface area (Å²) in [6.45, 7) is 2.38. The second kappa shape index (κ2) is 8.04. The zero-order valence-corrected chi connectivity index (χ0v) is 12.3. The average Bonchev–Trinajstić information content (AvgIpc) is 2.89. The monoisotopic (exact) mass is 295 g/mol. The minimum Gasteiger partial charge on any atom is -0.383 e. The van der Waals surface area contributed by atoms with E-state index in [1.54, 1.807) is 30.6 Å². The lowest BCUT2D eigenvalue weighted by atomic mass is 10.1. The molecule has 0 amide bonds. The number of benzene rings is 1. The molecule has 0 unspecified atom stereocenters. The highest BCUT2D eigenvalue weighted by molar-refractivity contribution is 7.11. The number of methoxy groups -OCH3 is 1. The lowest BCUT2D eigenvalue weighted by Gasteiger charge is -2.01. The zero-order valence-electron chi connectivity index (χ0n) is 11.4. The van der Waals surface area contributed by atoms with Crippen molar-refractivity contribution in [3.8, 4) is 0 Å². The summed E-state index contributed by atoms with van der Waals surface area (Å²) in [7, 11) is 1.68. The van der Waals surface area contributed by atoms with Crippen molar-refractivity contribution in [2.45, 2.75) is 12.8 Å². The van der Waals surface area contributed by atoms with Gasteiger partial charge >= 0.3 is 0 Å². The first-order valence-electron chi connectivity index (χ1n) is 6.54. The second-order valence-electron chi connectivity index (χ2n) is 4.35. The fourth-order valence-electron chi connectivity index (χ4n) is 1.76. The summed E-state index contributed by atoms with van der Waals surface area (Å²) in [6, 6.07) is 6.77. The van der Waals surface area contributed by atoms with Gasteiger partial charge in [-0.1, -0.05) is 18.2 Å². The highest BCUT2D eigenvalue weighted by atomic mass is 32.1. The Bertz CT molecular complexity index is 533. The molecule has 1 aromatic heterocycles. The van der Waals surface area contributed by atoms with Crippen molar-refractivity contribution in [1.29, 1.82) is 0 Å². The molecule has 2 aromatic rings. The lowest BCUT2D eigenvalue weighted by Crippen LogP contribution is -2.21. The van der Waals surface area contributed by atoms with Gasteiger partial charge < -0.3 is 10.1 Å². The Morgan fingerprint density at radius 3 is 2.80 bits per heavy atom. The first kappa shape index (κ1) is 15.0. The van der Waals surface area contributed by atoms with Crippen LogP contribution in [0.3, 0.4) is 0 Å². The first-order chi connectivity index (χ1) is 9.79. The van der Waals surface area contributed by atoms with Crippen molar-refractivity contribution in [2.75, 3.05) is 26.8 Å². The number of nitrogens with zero attached hydrogens (tertiary/aromatic N) is 2. The normalized spacial score (nSPS) is 10.9. The first-order valence-corrected chi connectivity index (χ1v) is 7.35. The van der Waals surface area contributed by atoms with Gasteiger partial charge in [0.1, 0.15) is 15.8 Å². The molecule has 0 spiro atoms. The molecule has 2 rings (SSSR count). The molecular formula is C14H18FN3OS. The van der Waals surface area contributed by atoms with Crippen LogP contribution in [0.15, 0.2) is 24.3 Å². The van der Waals surface area contributed by atoms with E-state index in [9.17, 15) is 4.39 Å². The van der Waals surface area contributed by atoms with E-state index in [4.69, 9.17) is 4.74 Å². The third kappa shape index (κ3) is 4.63. The standard InChI is InChI=1S/C14H18FN3OS/c1-19-9-8-16-7-6-13-17-18-14(20-13)10-11-4-2-3-5-12(11)15/h2-5,16H,6-10H2,1H3. The van der Waals surface area contributed by atoms with Crippen molar-refractivity contribution >= 4 is 11.3 Å². The largest absolute Gasteiger partial charge is 0.383 e. The van der Waals surface area contributed by atoms with Gasteiger partial charge in [0.2, 0.25) is 0 Å². The molecule has 0 aliphatic rings. The number of nitrogens with one attached hydrogen (secondary N) is 1. The number of aromatic nitrogens is 2. The van der Waals surface area contributed by atoms with Crippen molar-refractivity contribution in [1.82, 2.24) is 15.5 Å². The molecule has 1 N–H and O–H groups in total. The molecule has 0 saturated carbocycles. The quantitative estimate of drug-likeness (QED) is 0.757. The van der Waals surface area contributed by atoms with E-state index >= 15 is 0 Å². The second-order valence-corrected chi connectivity index (χ2v) is 5.50. The van der Waals surface area contributed by atoms with Crippen molar-refractivity contribution in [2.24, 2.45) is 0 Å². The summed E-state index contributed by atoms with van der Waals surface area (Å²) in [5, 5.41) is 13.3. The van der Waals surface area contributed by atoms with E-state index in [1.165, 1.54) is 6.07 Å². The van der Waals surface area contributed by atoms with Crippen LogP contribution in [0.2, 0.25) is 0 Å². The predicted molar refractivity (Wildman–Crippen MR) is 77.6 cm³/mol. The van der Waals surface area contributed by atoms with Crippen LogP contribution in [0.1, 0.15) is 15.6 Å². The van der Waals surface area contributed by atoms with Gasteiger partial charge in [0.15, 0.2) is 0 Å². The average molecular weight is 295 g/mol. The Hall–Kier alpha value is -1.37. The summed E-state index contributed by atoms with van der Waals surface area (Å²) in [4.78, 5) is 0. The summed E-state index contributed by atoms with van der Waals surface area (Å²) in [5.41, 5.74) is 0.661. The molecule has 1 aromatic carbocycles. The van der Waals surface area contributed by atoms with E-state index in [-0.39, 0.29) is 5.82 Å². The van der Waals surface area contributed by atoms with Crippen LogP contribution in [0.5, 0.6) is 0 Å². The molecule has 0 radical (unpaired) electrons. The van der Waals surface area contributed by atoms with E-state index in [0.29, 0.717) is 18.6 Å². The molecule has 4 nitrogen and oxygen atoms in total. The fourth-order valence-corrected chi connectivity index (χ4v) is 2.63. The molecule has 20 heavy (non-hydrogen) atoms. The maximum absolute atomic E-state index is 13.5. The molecule has 0 fully saturated rings. The minimum absolute atomic E-state index is 0.189. The van der Waals surface area contributed by atoms with E-state index in [2.05, 4.69) is 15.5 Å². The maximum Gasteiger partial charge on any atom is 0.126 e. The van der Waals surface area contributed by atoms with Gasteiger partial charge in [-0.3, -0.25) is 0 Å². The zero-order chi connectivity index (χ0) is 14.2. The molecule has 108 valence electrons. The molecule has 0 saturated heterocycles. The number of rotatable bonds is 8. The van der Waals surface area contributed by atoms with E-state index < -0.39 is 0 Å². The minimum atomic E-state index is -0.189. The molecule has 0 aliphatic heterocycles. The number of hydrogen-bond acceptors (Lipinski definition) is 5. The van der Waals surface area contributed by atoms with Crippen LogP contribution in [0.4, 0.5) is 4.39 Å². The van der Waals surface area contributed by atoms with Crippen molar-refractivity contribution < 1.29 is 9.13 Å². The van der Waals surface area contributed by atoms with Gasteiger partial charge in [0.05, 0.1) is 6.61 Å². The highest BCUT2D eigenvalue weighted by Crippen LogP contribution is 2.16. The Morgan fingerprint density at radius 2 is 2.00 bits per heavy atom. The number of halogens is 1. The van der Waals surface area contributed by atoms with Gasteiger partial charge in [-0.15, -0.1) is 21.5 Å². The smallest absolute Gasteiger partial charge is 0.126 e. The summed E-state index contributed by atoms with van der Waals surface area (Å²) in [5.74, 6) is -0.189. The number of ether oxygens (including phenoxy) is 1. The highest BCUT2D eigenvalue weighted by Gasteiger charge is 2.07. The Kier molecular flexibility index (Phi) is 6.04. The summed E-state index contributed by atoms with van der Waals surface area (Å²) >= 11 is 1.54. The molecule has 1 heterocycles. The van der Waals surface area contributed by atoms with Gasteiger partial charge in [-0.05, 0) is 11.6 Å². The Labute approximate surface area is 122 Å². The Balaban J connectivity index is 1.82. The summed E-state index contributed by atoms with van der Waals surface area (Å²) in [6.07, 6.45) is 1.33. The molecule has 6 heteroatoms. The van der Waals surface area contributed by atoms with E-state index in [1.807, 2.05) is 6.07 Å². The third-order valence-electron chi connectivity index (χ3n) is 2.81. The molecule has 0 aliphatic carbocycles. The van der Waals surface area contributed by atoms with E-state index in [0.717, 1.165) is 29.5 Å². The van der Waals surface area contributed by atoms with Gasteiger partial charge in [0.25, 0.3) is 0 Å². The molecular weight excluding hydrogens is 277 g/mol.